The maximum Gasteiger partial charge on any atom is 0.251 e. The second-order valence-corrected chi connectivity index (χ2v) is 7.20. The van der Waals surface area contributed by atoms with Crippen molar-refractivity contribution in [1.29, 1.82) is 0 Å². The molecule has 0 radical (unpaired) electrons. The molecular weight excluding hydrogens is 360 g/mol. The van der Waals surface area contributed by atoms with Crippen molar-refractivity contribution in [2.24, 2.45) is 0 Å². The molecule has 0 fully saturated rings. The lowest BCUT2D eigenvalue weighted by atomic mass is 10.2. The highest BCUT2D eigenvalue weighted by Crippen LogP contribution is 2.19. The van der Waals surface area contributed by atoms with Crippen molar-refractivity contribution in [2.75, 3.05) is 12.3 Å². The summed E-state index contributed by atoms with van der Waals surface area (Å²) >= 11 is 1.72. The van der Waals surface area contributed by atoms with E-state index in [1.54, 1.807) is 23.9 Å². The van der Waals surface area contributed by atoms with Crippen LogP contribution in [0.5, 0.6) is 5.75 Å². The average Bonchev–Trinajstić information content (AvgIpc) is 3.02. The molecule has 0 spiro atoms. The molecule has 1 N–H and O–H groups in total. The van der Waals surface area contributed by atoms with Gasteiger partial charge in [0.05, 0.1) is 11.3 Å². The summed E-state index contributed by atoms with van der Waals surface area (Å²) in [6.07, 6.45) is 0. The van der Waals surface area contributed by atoms with Crippen LogP contribution in [0.2, 0.25) is 0 Å². The molecule has 0 atom stereocenters. The number of nitrogens with one attached hydrogen (secondary N) is 1. The fourth-order valence-corrected chi connectivity index (χ4v) is 3.33. The van der Waals surface area contributed by atoms with Crippen molar-refractivity contribution in [3.8, 4) is 5.75 Å². The normalized spacial score (nSPS) is 10.6. The Morgan fingerprint density at radius 2 is 1.96 bits per heavy atom. The number of aromatic nitrogens is 1. The van der Waals surface area contributed by atoms with Crippen LogP contribution in [-0.4, -0.2) is 23.4 Å². The molecule has 1 amide bonds. The van der Waals surface area contributed by atoms with Crippen molar-refractivity contribution < 1.29 is 14.1 Å². The molecule has 0 aliphatic rings. The number of ether oxygens (including phenoxy) is 1. The first-order chi connectivity index (χ1) is 13.1. The van der Waals surface area contributed by atoms with Crippen LogP contribution in [0.25, 0.3) is 0 Å². The third kappa shape index (κ3) is 5.37. The van der Waals surface area contributed by atoms with Crippen LogP contribution in [0.15, 0.2) is 64.0 Å². The lowest BCUT2D eigenvalue weighted by molar-refractivity contribution is 0.0955. The minimum atomic E-state index is -0.105. The summed E-state index contributed by atoms with van der Waals surface area (Å²) in [5.74, 6) is 2.10. The third-order valence-electron chi connectivity index (χ3n) is 4.06. The zero-order chi connectivity index (χ0) is 19.1. The lowest BCUT2D eigenvalue weighted by Gasteiger charge is -2.09. The summed E-state index contributed by atoms with van der Waals surface area (Å²) < 4.78 is 10.9. The van der Waals surface area contributed by atoms with Crippen LogP contribution < -0.4 is 10.1 Å². The molecule has 0 bridgehead atoms. The Morgan fingerprint density at radius 3 is 2.70 bits per heavy atom. The second kappa shape index (κ2) is 9.28. The minimum Gasteiger partial charge on any atom is -0.489 e. The molecule has 1 aromatic heterocycles. The van der Waals surface area contributed by atoms with E-state index in [4.69, 9.17) is 9.26 Å². The average molecular weight is 382 g/mol. The van der Waals surface area contributed by atoms with E-state index >= 15 is 0 Å². The van der Waals surface area contributed by atoms with E-state index in [1.807, 2.05) is 44.2 Å². The van der Waals surface area contributed by atoms with Gasteiger partial charge in [-0.05, 0) is 44.2 Å². The Balaban J connectivity index is 1.49. The molecule has 2 aromatic carbocycles. The third-order valence-corrected chi connectivity index (χ3v) is 5.07. The Morgan fingerprint density at radius 1 is 1.15 bits per heavy atom. The van der Waals surface area contributed by atoms with E-state index in [9.17, 15) is 4.79 Å². The molecule has 0 saturated heterocycles. The van der Waals surface area contributed by atoms with Gasteiger partial charge in [0.1, 0.15) is 18.1 Å². The van der Waals surface area contributed by atoms with Gasteiger partial charge in [-0.25, -0.2) is 0 Å². The summed E-state index contributed by atoms with van der Waals surface area (Å²) in [6.45, 7) is 4.70. The fraction of sp³-hybridized carbons (Fsp3) is 0.238. The van der Waals surface area contributed by atoms with Gasteiger partial charge in [0, 0.05) is 22.8 Å². The molecule has 0 aliphatic heterocycles. The lowest BCUT2D eigenvalue weighted by Crippen LogP contribution is -2.25. The van der Waals surface area contributed by atoms with Crippen molar-refractivity contribution in [2.45, 2.75) is 25.3 Å². The van der Waals surface area contributed by atoms with Crippen molar-refractivity contribution >= 4 is 17.7 Å². The predicted octanol–water partition coefficient (Wildman–Crippen LogP) is 4.39. The van der Waals surface area contributed by atoms with Gasteiger partial charge in [-0.1, -0.05) is 29.4 Å². The largest absolute Gasteiger partial charge is 0.489 e. The van der Waals surface area contributed by atoms with Gasteiger partial charge in [0.25, 0.3) is 5.91 Å². The van der Waals surface area contributed by atoms with E-state index in [-0.39, 0.29) is 5.91 Å². The van der Waals surface area contributed by atoms with Crippen LogP contribution in [0.4, 0.5) is 0 Å². The number of amides is 1. The van der Waals surface area contributed by atoms with E-state index in [0.717, 1.165) is 22.8 Å². The zero-order valence-corrected chi connectivity index (χ0v) is 16.2. The van der Waals surface area contributed by atoms with Crippen molar-refractivity contribution in [3.05, 3.63) is 77.2 Å². The number of hydrogen-bond donors (Lipinski definition) is 1. The van der Waals surface area contributed by atoms with E-state index < -0.39 is 0 Å². The molecule has 3 aromatic rings. The monoisotopic (exact) mass is 382 g/mol. The fourth-order valence-electron chi connectivity index (χ4n) is 2.54. The van der Waals surface area contributed by atoms with Gasteiger partial charge in [0.2, 0.25) is 0 Å². The molecule has 0 saturated carbocycles. The highest BCUT2D eigenvalue weighted by atomic mass is 32.2. The van der Waals surface area contributed by atoms with Gasteiger partial charge < -0.3 is 14.6 Å². The first-order valence-corrected chi connectivity index (χ1v) is 9.72. The zero-order valence-electron chi connectivity index (χ0n) is 15.4. The number of rotatable bonds is 8. The number of aryl methyl sites for hydroxylation is 2. The molecule has 140 valence electrons. The highest BCUT2D eigenvalue weighted by molar-refractivity contribution is 7.99. The minimum absolute atomic E-state index is 0.105. The number of nitrogens with zero attached hydrogens (tertiary/aromatic N) is 1. The Bertz CT molecular complexity index is 874. The second-order valence-electron chi connectivity index (χ2n) is 6.04. The summed E-state index contributed by atoms with van der Waals surface area (Å²) in [4.78, 5) is 13.5. The number of thioether (sulfide) groups is 1. The van der Waals surface area contributed by atoms with E-state index in [1.165, 1.54) is 4.90 Å². The molecular formula is C21H22N2O3S. The topological polar surface area (TPSA) is 64.4 Å². The van der Waals surface area contributed by atoms with Crippen LogP contribution in [0.3, 0.4) is 0 Å². The number of carbonyl (C=O) groups is 1. The van der Waals surface area contributed by atoms with Crippen molar-refractivity contribution in [1.82, 2.24) is 10.5 Å². The Kier molecular flexibility index (Phi) is 6.54. The smallest absolute Gasteiger partial charge is 0.251 e. The molecule has 0 aliphatic carbocycles. The Hall–Kier alpha value is -2.73. The van der Waals surface area contributed by atoms with Gasteiger partial charge in [-0.3, -0.25) is 4.79 Å². The van der Waals surface area contributed by atoms with Crippen molar-refractivity contribution in [3.63, 3.8) is 0 Å². The van der Waals surface area contributed by atoms with Gasteiger partial charge in [-0.2, -0.15) is 0 Å². The number of hydrogen-bond acceptors (Lipinski definition) is 5. The maximum atomic E-state index is 12.3. The maximum absolute atomic E-state index is 12.3. The SMILES string of the molecule is Cc1noc(C)c1COc1cccc(C(=O)NCCSc2ccccc2)c1. The first-order valence-electron chi connectivity index (χ1n) is 8.74. The number of carbonyl (C=O) groups excluding carboxylic acids is 1. The summed E-state index contributed by atoms with van der Waals surface area (Å²) in [7, 11) is 0. The molecule has 5 nitrogen and oxygen atoms in total. The summed E-state index contributed by atoms with van der Waals surface area (Å²) in [5, 5.41) is 6.86. The standard InChI is InChI=1S/C21H22N2O3S/c1-15-20(16(2)26-23-15)14-25-18-8-6-7-17(13-18)21(24)22-11-12-27-19-9-4-3-5-10-19/h3-10,13H,11-12,14H2,1-2H3,(H,22,24). The number of benzene rings is 2. The first kappa shape index (κ1) is 19.0. The van der Waals surface area contributed by atoms with Gasteiger partial charge in [-0.15, -0.1) is 11.8 Å². The van der Waals surface area contributed by atoms with Gasteiger partial charge in [0.15, 0.2) is 0 Å². The van der Waals surface area contributed by atoms with Crippen LogP contribution in [0, 0.1) is 13.8 Å². The molecule has 6 heteroatoms. The predicted molar refractivity (Wildman–Crippen MR) is 106 cm³/mol. The Labute approximate surface area is 163 Å². The van der Waals surface area contributed by atoms with E-state index in [2.05, 4.69) is 22.6 Å². The quantitative estimate of drug-likeness (QED) is 0.462. The van der Waals surface area contributed by atoms with Crippen LogP contribution in [-0.2, 0) is 6.61 Å². The molecule has 1 heterocycles. The summed E-state index contributed by atoms with van der Waals surface area (Å²) in [6, 6.07) is 17.3. The van der Waals surface area contributed by atoms with Crippen LogP contribution in [0.1, 0.15) is 27.4 Å². The molecule has 0 unspecified atom stereocenters. The van der Waals surface area contributed by atoms with Crippen LogP contribution >= 0.6 is 11.8 Å². The molecule has 27 heavy (non-hydrogen) atoms. The molecule has 3 rings (SSSR count). The van der Waals surface area contributed by atoms with E-state index in [0.29, 0.717) is 24.5 Å². The highest BCUT2D eigenvalue weighted by Gasteiger charge is 2.11. The summed E-state index contributed by atoms with van der Waals surface area (Å²) in [5.41, 5.74) is 2.33. The van der Waals surface area contributed by atoms with Gasteiger partial charge >= 0.3 is 0 Å².